The first-order valence-electron chi connectivity index (χ1n) is 11.9. The van der Waals surface area contributed by atoms with Crippen molar-refractivity contribution in [1.29, 1.82) is 0 Å². The lowest BCUT2D eigenvalue weighted by molar-refractivity contribution is -0.258. The van der Waals surface area contributed by atoms with Gasteiger partial charge in [0.25, 0.3) is 0 Å². The molecule has 1 heterocycles. The van der Waals surface area contributed by atoms with Gasteiger partial charge >= 0.3 is 6.18 Å². The number of piperazine rings is 1. The van der Waals surface area contributed by atoms with Gasteiger partial charge in [0.1, 0.15) is 0 Å². The molecule has 0 radical (unpaired) electrons. The monoisotopic (exact) mass is 595 g/mol. The van der Waals surface area contributed by atoms with Gasteiger partial charge in [0.2, 0.25) is 20.0 Å². The van der Waals surface area contributed by atoms with Crippen molar-refractivity contribution in [3.63, 3.8) is 0 Å². The Kier molecular flexibility index (Phi) is 9.16. The first-order valence-corrected chi connectivity index (χ1v) is 15.4. The van der Waals surface area contributed by atoms with Crippen molar-refractivity contribution in [3.05, 3.63) is 54.1 Å². The molecule has 1 saturated heterocycles. The van der Waals surface area contributed by atoms with Gasteiger partial charge in [-0.3, -0.25) is 0 Å². The smallest absolute Gasteiger partial charge is 0.376 e. The van der Waals surface area contributed by atoms with E-state index >= 15 is 0 Å². The van der Waals surface area contributed by atoms with E-state index in [9.17, 15) is 35.1 Å². The van der Waals surface area contributed by atoms with Crippen molar-refractivity contribution in [2.75, 3.05) is 31.1 Å². The van der Waals surface area contributed by atoms with E-state index in [-0.39, 0.29) is 41.5 Å². The van der Waals surface area contributed by atoms with Crippen LogP contribution in [0.5, 0.6) is 0 Å². The second-order valence-corrected chi connectivity index (χ2v) is 14.0. The quantitative estimate of drug-likeness (QED) is 0.384. The molecule has 2 aromatic rings. The predicted octanol–water partition coefficient (Wildman–Crippen LogP) is 3.34. The van der Waals surface area contributed by atoms with E-state index in [2.05, 4.69) is 17.4 Å². The molecule has 1 aliphatic heterocycles. The highest BCUT2D eigenvalue weighted by Crippen LogP contribution is 2.39. The summed E-state index contributed by atoms with van der Waals surface area (Å²) < 4.78 is 95.7. The van der Waals surface area contributed by atoms with Crippen LogP contribution in [0.15, 0.2) is 58.3 Å². The Bertz CT molecular complexity index is 1330. The predicted molar refractivity (Wildman–Crippen MR) is 142 cm³/mol. The second-order valence-electron chi connectivity index (χ2n) is 9.41. The molecular formula is C24H32F3N3O5S3. The molecule has 14 heteroatoms. The molecule has 2 aromatic carbocycles. The van der Waals surface area contributed by atoms with E-state index in [1.165, 1.54) is 22.5 Å². The third kappa shape index (κ3) is 6.31. The molecule has 2 N–H and O–H groups in total. The Morgan fingerprint density at radius 1 is 1.08 bits per heavy atom. The first-order chi connectivity index (χ1) is 17.5. The molecule has 212 valence electrons. The van der Waals surface area contributed by atoms with Crippen LogP contribution in [0.2, 0.25) is 0 Å². The Morgan fingerprint density at radius 3 is 2.24 bits per heavy atom. The Hall–Kier alpha value is -1.84. The molecule has 3 rings (SSSR count). The van der Waals surface area contributed by atoms with Gasteiger partial charge in [0, 0.05) is 36.8 Å². The molecule has 0 saturated carbocycles. The lowest BCUT2D eigenvalue weighted by Gasteiger charge is -2.42. The van der Waals surface area contributed by atoms with E-state index < -0.39 is 43.1 Å². The van der Waals surface area contributed by atoms with Gasteiger partial charge in [0.15, 0.2) is 5.60 Å². The zero-order chi connectivity index (χ0) is 28.5. The summed E-state index contributed by atoms with van der Waals surface area (Å²) in [7, 11) is -7.64. The highest BCUT2D eigenvalue weighted by atomic mass is 32.2. The summed E-state index contributed by atoms with van der Waals surface area (Å²) in [4.78, 5) is 2.05. The van der Waals surface area contributed by atoms with E-state index in [0.717, 1.165) is 12.1 Å². The number of nitrogens with one attached hydrogen (secondary N) is 1. The summed E-state index contributed by atoms with van der Waals surface area (Å²) in [6.07, 6.45) is -4.50. The molecule has 0 spiro atoms. The van der Waals surface area contributed by atoms with Crippen LogP contribution in [0.25, 0.3) is 0 Å². The van der Waals surface area contributed by atoms with Crippen molar-refractivity contribution in [2.24, 2.45) is 0 Å². The van der Waals surface area contributed by atoms with Crippen LogP contribution in [0.1, 0.15) is 32.8 Å². The van der Waals surface area contributed by atoms with Gasteiger partial charge in [-0.2, -0.15) is 17.5 Å². The summed E-state index contributed by atoms with van der Waals surface area (Å²) >= 11 is 4.27. The highest BCUT2D eigenvalue weighted by Gasteiger charge is 2.51. The number of sulfonamides is 2. The number of thiol groups is 1. The third-order valence-corrected chi connectivity index (χ3v) is 11.3. The summed E-state index contributed by atoms with van der Waals surface area (Å²) in [6.45, 7) is 3.97. The largest absolute Gasteiger partial charge is 0.421 e. The van der Waals surface area contributed by atoms with Crippen LogP contribution < -0.4 is 9.62 Å². The maximum atomic E-state index is 13.4. The van der Waals surface area contributed by atoms with Gasteiger partial charge in [-0.25, -0.2) is 21.6 Å². The minimum absolute atomic E-state index is 0.0226. The van der Waals surface area contributed by atoms with E-state index in [1.807, 2.05) is 0 Å². The maximum Gasteiger partial charge on any atom is 0.421 e. The molecule has 0 bridgehead atoms. The lowest BCUT2D eigenvalue weighted by atomic mass is 9.95. The zero-order valence-electron chi connectivity index (χ0n) is 21.2. The molecule has 38 heavy (non-hydrogen) atoms. The number of alkyl halides is 3. The van der Waals surface area contributed by atoms with Crippen LogP contribution in [-0.4, -0.2) is 69.9 Å². The standard InChI is InChI=1S/C24H32F3N3O5S3/c1-4-17(2)37(32,33)28-15-20-16-29(38(34,35)22-8-6-5-7-21(22)36)13-14-30(20)19-11-9-18(10-12-19)23(3,31)24(25,26)27/h5-12,17,20,28,31,36H,4,13-16H2,1-3H3/t17?,20-,23?/m0/s1. The Morgan fingerprint density at radius 2 is 1.68 bits per heavy atom. The van der Waals surface area contributed by atoms with Gasteiger partial charge < -0.3 is 10.0 Å². The molecule has 0 aliphatic carbocycles. The topological polar surface area (TPSA) is 107 Å². The maximum absolute atomic E-state index is 13.4. The Labute approximate surface area is 227 Å². The number of hydrogen-bond donors (Lipinski definition) is 3. The van der Waals surface area contributed by atoms with Crippen molar-refractivity contribution in [2.45, 2.75) is 60.1 Å². The fourth-order valence-corrected chi connectivity index (χ4v) is 7.30. The van der Waals surface area contributed by atoms with Crippen LogP contribution in [0.3, 0.4) is 0 Å². The minimum Gasteiger partial charge on any atom is -0.376 e. The van der Waals surface area contributed by atoms with E-state index in [1.54, 1.807) is 36.9 Å². The summed E-state index contributed by atoms with van der Waals surface area (Å²) in [5.74, 6) is 0. The average Bonchev–Trinajstić information content (AvgIpc) is 2.86. The Balaban J connectivity index is 1.93. The van der Waals surface area contributed by atoms with Crippen molar-refractivity contribution in [1.82, 2.24) is 9.03 Å². The van der Waals surface area contributed by atoms with E-state index in [0.29, 0.717) is 19.0 Å². The van der Waals surface area contributed by atoms with Crippen molar-refractivity contribution < 1.29 is 35.1 Å². The molecule has 0 amide bonds. The lowest BCUT2D eigenvalue weighted by Crippen LogP contribution is -2.58. The number of aliphatic hydroxyl groups is 1. The van der Waals surface area contributed by atoms with Gasteiger partial charge in [0.05, 0.1) is 16.2 Å². The van der Waals surface area contributed by atoms with Crippen LogP contribution in [-0.2, 0) is 25.6 Å². The molecule has 1 fully saturated rings. The highest BCUT2D eigenvalue weighted by molar-refractivity contribution is 7.90. The number of rotatable bonds is 9. The first kappa shape index (κ1) is 30.7. The van der Waals surface area contributed by atoms with Crippen molar-refractivity contribution >= 4 is 38.4 Å². The SMILES string of the molecule is CCC(C)S(=O)(=O)NC[C@H]1CN(S(=O)(=O)c2ccccc2S)CCN1c1ccc(C(C)(O)C(F)(F)F)cc1. The zero-order valence-corrected chi connectivity index (χ0v) is 23.7. The minimum atomic E-state index is -4.88. The fraction of sp³-hybridized carbons (Fsp3) is 0.500. The van der Waals surface area contributed by atoms with Gasteiger partial charge in [-0.1, -0.05) is 31.2 Å². The normalized spacial score (nSPS) is 20.2. The summed E-state index contributed by atoms with van der Waals surface area (Å²) in [6, 6.07) is 10.7. The van der Waals surface area contributed by atoms with Gasteiger partial charge in [-0.15, -0.1) is 12.6 Å². The van der Waals surface area contributed by atoms with Crippen molar-refractivity contribution in [3.8, 4) is 0 Å². The number of halogens is 3. The molecular weight excluding hydrogens is 563 g/mol. The summed E-state index contributed by atoms with van der Waals surface area (Å²) in [5, 5.41) is 9.32. The number of nitrogens with zero attached hydrogens (tertiary/aromatic N) is 2. The van der Waals surface area contributed by atoms with Gasteiger partial charge in [-0.05, 0) is 50.1 Å². The number of benzene rings is 2. The third-order valence-electron chi connectivity index (χ3n) is 6.87. The molecule has 1 aliphatic rings. The number of anilines is 1. The second kappa shape index (κ2) is 11.3. The number of hydrogen-bond acceptors (Lipinski definition) is 7. The molecule has 0 aromatic heterocycles. The average molecular weight is 596 g/mol. The van der Waals surface area contributed by atoms with Crippen LogP contribution in [0, 0.1) is 0 Å². The summed E-state index contributed by atoms with van der Waals surface area (Å²) in [5.41, 5.74) is -2.94. The molecule has 3 atom stereocenters. The molecule has 2 unspecified atom stereocenters. The van der Waals surface area contributed by atoms with Crippen LogP contribution >= 0.6 is 12.6 Å². The molecule has 8 nitrogen and oxygen atoms in total. The van der Waals surface area contributed by atoms with Crippen LogP contribution in [0.4, 0.5) is 18.9 Å². The fourth-order valence-electron chi connectivity index (χ4n) is 4.09. The van der Waals surface area contributed by atoms with E-state index in [4.69, 9.17) is 0 Å².